The smallest absolute Gasteiger partial charge is 0.260 e. The Morgan fingerprint density at radius 2 is 2.03 bits per heavy atom. The van der Waals surface area contributed by atoms with Crippen molar-refractivity contribution in [1.29, 1.82) is 0 Å². The molecule has 0 saturated carbocycles. The van der Waals surface area contributed by atoms with Crippen LogP contribution in [-0.4, -0.2) is 34.1 Å². The third-order valence-corrected chi connectivity index (χ3v) is 5.77. The number of hydrogen-bond donors (Lipinski definition) is 0. The van der Waals surface area contributed by atoms with Gasteiger partial charge in [-0.3, -0.25) is 9.69 Å². The highest BCUT2D eigenvalue weighted by molar-refractivity contribution is 7.22. The first-order valence-electron chi connectivity index (χ1n) is 9.43. The number of para-hydroxylation sites is 1. The molecule has 0 aliphatic rings. The molecular formula is C22H22N4O2S. The monoisotopic (exact) mass is 406 g/mol. The molecule has 0 N–H and O–H groups in total. The standard InChI is InChI=1S/C22H22N4O2S/c1-16-7-9-17(10-8-16)21(27)26(13-4-12-25-14-11-23-15-25)22-24-20-18(28-2)5-3-6-19(20)29-22/h3,5-11,14-15H,4,12-13H2,1-2H3. The maximum absolute atomic E-state index is 13.3. The third kappa shape index (κ3) is 4.14. The molecule has 0 aliphatic carbocycles. The minimum absolute atomic E-state index is 0.0475. The lowest BCUT2D eigenvalue weighted by Crippen LogP contribution is -2.32. The fraction of sp³-hybridized carbons (Fsp3) is 0.227. The molecule has 0 aliphatic heterocycles. The first-order chi connectivity index (χ1) is 14.2. The number of rotatable bonds is 7. The molecule has 2 aromatic heterocycles. The van der Waals surface area contributed by atoms with E-state index in [1.165, 1.54) is 11.3 Å². The summed E-state index contributed by atoms with van der Waals surface area (Å²) >= 11 is 1.50. The predicted molar refractivity (Wildman–Crippen MR) is 116 cm³/mol. The van der Waals surface area contributed by atoms with Gasteiger partial charge in [-0.15, -0.1) is 0 Å². The van der Waals surface area contributed by atoms with Crippen LogP contribution in [-0.2, 0) is 6.54 Å². The highest BCUT2D eigenvalue weighted by atomic mass is 32.1. The van der Waals surface area contributed by atoms with Crippen molar-refractivity contribution < 1.29 is 9.53 Å². The Bertz CT molecular complexity index is 1100. The Morgan fingerprint density at radius 3 is 2.76 bits per heavy atom. The Balaban J connectivity index is 1.65. The van der Waals surface area contributed by atoms with E-state index in [2.05, 4.69) is 4.98 Å². The SMILES string of the molecule is COc1cccc2sc(N(CCCn3ccnc3)C(=O)c3ccc(C)cc3)nc12. The number of fused-ring (bicyclic) bond motifs is 1. The van der Waals surface area contributed by atoms with Gasteiger partial charge < -0.3 is 9.30 Å². The molecule has 29 heavy (non-hydrogen) atoms. The van der Waals surface area contributed by atoms with Crippen LogP contribution in [0.5, 0.6) is 5.75 Å². The molecule has 2 aromatic carbocycles. The van der Waals surface area contributed by atoms with Crippen molar-refractivity contribution in [3.8, 4) is 5.75 Å². The van der Waals surface area contributed by atoms with E-state index in [0.717, 1.165) is 28.7 Å². The maximum atomic E-state index is 13.3. The zero-order valence-electron chi connectivity index (χ0n) is 16.4. The first kappa shape index (κ1) is 19.1. The fourth-order valence-corrected chi connectivity index (χ4v) is 4.17. The lowest BCUT2D eigenvalue weighted by Gasteiger charge is -2.20. The number of benzene rings is 2. The second kappa shape index (κ2) is 8.45. The van der Waals surface area contributed by atoms with Crippen molar-refractivity contribution in [2.75, 3.05) is 18.6 Å². The molecule has 7 heteroatoms. The van der Waals surface area contributed by atoms with E-state index in [1.54, 1.807) is 24.5 Å². The number of thiazole rings is 1. The molecule has 0 radical (unpaired) electrons. The number of ether oxygens (including phenoxy) is 1. The van der Waals surface area contributed by atoms with E-state index < -0.39 is 0 Å². The van der Waals surface area contributed by atoms with Crippen LogP contribution in [0.2, 0.25) is 0 Å². The van der Waals surface area contributed by atoms with Crippen LogP contribution in [0.1, 0.15) is 22.3 Å². The molecule has 6 nitrogen and oxygen atoms in total. The topological polar surface area (TPSA) is 60.2 Å². The fourth-order valence-electron chi connectivity index (χ4n) is 3.16. The van der Waals surface area contributed by atoms with Gasteiger partial charge in [0.25, 0.3) is 5.91 Å². The van der Waals surface area contributed by atoms with Crippen LogP contribution in [0, 0.1) is 6.92 Å². The van der Waals surface area contributed by atoms with Gasteiger partial charge >= 0.3 is 0 Å². The van der Waals surface area contributed by atoms with Gasteiger partial charge in [0, 0.05) is 31.0 Å². The number of carbonyl (C=O) groups is 1. The molecule has 0 saturated heterocycles. The lowest BCUT2D eigenvalue weighted by molar-refractivity contribution is 0.0986. The van der Waals surface area contributed by atoms with E-state index in [-0.39, 0.29) is 5.91 Å². The average Bonchev–Trinajstić information content (AvgIpc) is 3.40. The van der Waals surface area contributed by atoms with Crippen molar-refractivity contribution in [2.45, 2.75) is 19.9 Å². The second-order valence-corrected chi connectivity index (χ2v) is 7.79. The number of carbonyl (C=O) groups excluding carboxylic acids is 1. The average molecular weight is 407 g/mol. The van der Waals surface area contributed by atoms with Crippen LogP contribution in [0.25, 0.3) is 10.2 Å². The number of imidazole rings is 1. The van der Waals surface area contributed by atoms with Crippen molar-refractivity contribution in [3.63, 3.8) is 0 Å². The van der Waals surface area contributed by atoms with Crippen molar-refractivity contribution >= 4 is 32.6 Å². The van der Waals surface area contributed by atoms with Crippen molar-refractivity contribution in [3.05, 3.63) is 72.3 Å². The highest BCUT2D eigenvalue weighted by Crippen LogP contribution is 2.34. The number of aromatic nitrogens is 3. The molecule has 4 aromatic rings. The Hall–Kier alpha value is -3.19. The molecule has 0 spiro atoms. The van der Waals surface area contributed by atoms with E-state index in [1.807, 2.05) is 60.2 Å². The summed E-state index contributed by atoms with van der Waals surface area (Å²) in [5.41, 5.74) is 2.56. The third-order valence-electron chi connectivity index (χ3n) is 4.72. The Kier molecular flexibility index (Phi) is 5.57. The number of nitrogens with zero attached hydrogens (tertiary/aromatic N) is 4. The summed E-state index contributed by atoms with van der Waals surface area (Å²) in [4.78, 5) is 23.9. The van der Waals surface area contributed by atoms with Gasteiger partial charge in [-0.1, -0.05) is 35.1 Å². The van der Waals surface area contributed by atoms with E-state index in [4.69, 9.17) is 9.72 Å². The normalized spacial score (nSPS) is 11.0. The number of amides is 1. The summed E-state index contributed by atoms with van der Waals surface area (Å²) in [6, 6.07) is 13.5. The van der Waals surface area contributed by atoms with Gasteiger partial charge in [0.1, 0.15) is 11.3 Å². The molecule has 148 valence electrons. The van der Waals surface area contributed by atoms with Gasteiger partial charge in [0.05, 0.1) is 18.1 Å². The van der Waals surface area contributed by atoms with Crippen LogP contribution < -0.4 is 9.64 Å². The predicted octanol–water partition coefficient (Wildman–Crippen LogP) is 4.55. The molecule has 0 fully saturated rings. The second-order valence-electron chi connectivity index (χ2n) is 6.78. The molecule has 4 rings (SSSR count). The largest absolute Gasteiger partial charge is 0.494 e. The molecule has 2 heterocycles. The number of hydrogen-bond acceptors (Lipinski definition) is 5. The maximum Gasteiger partial charge on any atom is 0.260 e. The molecular weight excluding hydrogens is 384 g/mol. The van der Waals surface area contributed by atoms with E-state index in [9.17, 15) is 4.79 Å². The first-order valence-corrected chi connectivity index (χ1v) is 10.2. The van der Waals surface area contributed by atoms with Gasteiger partial charge in [-0.25, -0.2) is 9.97 Å². The van der Waals surface area contributed by atoms with Gasteiger partial charge in [-0.2, -0.15) is 0 Å². The summed E-state index contributed by atoms with van der Waals surface area (Å²) < 4.78 is 8.45. The number of anilines is 1. The summed E-state index contributed by atoms with van der Waals surface area (Å²) in [6.45, 7) is 3.36. The molecule has 0 bridgehead atoms. The van der Waals surface area contributed by atoms with Crippen LogP contribution in [0.4, 0.5) is 5.13 Å². The van der Waals surface area contributed by atoms with Gasteiger partial charge in [0.15, 0.2) is 5.13 Å². The van der Waals surface area contributed by atoms with Gasteiger partial charge in [-0.05, 0) is 37.6 Å². The van der Waals surface area contributed by atoms with Crippen LogP contribution in [0.15, 0.2) is 61.2 Å². The summed E-state index contributed by atoms with van der Waals surface area (Å²) in [5.74, 6) is 0.666. The summed E-state index contributed by atoms with van der Waals surface area (Å²) in [7, 11) is 1.63. The minimum Gasteiger partial charge on any atom is -0.494 e. The van der Waals surface area contributed by atoms with E-state index >= 15 is 0 Å². The van der Waals surface area contributed by atoms with Crippen LogP contribution in [0.3, 0.4) is 0 Å². The quantitative estimate of drug-likeness (QED) is 0.452. The number of aryl methyl sites for hydroxylation is 2. The van der Waals surface area contributed by atoms with E-state index in [0.29, 0.717) is 23.0 Å². The zero-order chi connectivity index (χ0) is 20.2. The van der Waals surface area contributed by atoms with Gasteiger partial charge in [0.2, 0.25) is 0 Å². The summed E-state index contributed by atoms with van der Waals surface area (Å²) in [6.07, 6.45) is 6.26. The van der Waals surface area contributed by atoms with Crippen molar-refractivity contribution in [2.24, 2.45) is 0 Å². The van der Waals surface area contributed by atoms with Crippen molar-refractivity contribution in [1.82, 2.24) is 14.5 Å². The minimum atomic E-state index is -0.0475. The van der Waals surface area contributed by atoms with Crippen LogP contribution >= 0.6 is 11.3 Å². The molecule has 0 atom stereocenters. The summed E-state index contributed by atoms with van der Waals surface area (Å²) in [5, 5.41) is 0.681. The highest BCUT2D eigenvalue weighted by Gasteiger charge is 2.22. The zero-order valence-corrected chi connectivity index (χ0v) is 17.2. The Labute approximate surface area is 173 Å². The molecule has 0 unspecified atom stereocenters. The Morgan fingerprint density at radius 1 is 1.21 bits per heavy atom. The molecule has 1 amide bonds. The lowest BCUT2D eigenvalue weighted by atomic mass is 10.1. The number of methoxy groups -OCH3 is 1.